The van der Waals surface area contributed by atoms with E-state index in [4.69, 9.17) is 5.11 Å². The standard InChI is InChI=1S/C12H11NO3/c1-2-13-9-6-4-3-5-8(9)11(14)7-10(13)12(15)16/h3-7H,2H2,1H3,(H,15,16). The zero-order chi connectivity index (χ0) is 11.7. The largest absolute Gasteiger partial charge is 0.477 e. The fourth-order valence-corrected chi connectivity index (χ4v) is 1.84. The van der Waals surface area contributed by atoms with E-state index in [1.54, 1.807) is 28.8 Å². The molecule has 0 aliphatic rings. The van der Waals surface area contributed by atoms with Gasteiger partial charge in [0.25, 0.3) is 0 Å². The summed E-state index contributed by atoms with van der Waals surface area (Å²) in [5.41, 5.74) is 0.443. The van der Waals surface area contributed by atoms with Gasteiger partial charge in [0.2, 0.25) is 0 Å². The van der Waals surface area contributed by atoms with E-state index in [1.165, 1.54) is 6.07 Å². The van der Waals surface area contributed by atoms with Gasteiger partial charge in [0.1, 0.15) is 5.69 Å². The van der Waals surface area contributed by atoms with E-state index in [1.807, 2.05) is 6.92 Å². The first-order valence-electron chi connectivity index (χ1n) is 5.01. The lowest BCUT2D eigenvalue weighted by molar-refractivity contribution is 0.0685. The van der Waals surface area contributed by atoms with Crippen LogP contribution in [0.1, 0.15) is 17.4 Å². The highest BCUT2D eigenvalue weighted by Crippen LogP contribution is 2.12. The van der Waals surface area contributed by atoms with Crippen molar-refractivity contribution < 1.29 is 9.90 Å². The Hall–Kier alpha value is -2.10. The molecule has 1 aromatic carbocycles. The van der Waals surface area contributed by atoms with Crippen molar-refractivity contribution >= 4 is 16.9 Å². The molecule has 1 N–H and O–H groups in total. The molecule has 0 fully saturated rings. The molecule has 16 heavy (non-hydrogen) atoms. The van der Waals surface area contributed by atoms with Crippen molar-refractivity contribution in [1.82, 2.24) is 4.57 Å². The van der Waals surface area contributed by atoms with Crippen molar-refractivity contribution in [1.29, 1.82) is 0 Å². The number of hydrogen-bond acceptors (Lipinski definition) is 2. The maximum absolute atomic E-state index is 11.7. The van der Waals surface area contributed by atoms with Crippen LogP contribution in [0.4, 0.5) is 0 Å². The van der Waals surface area contributed by atoms with Crippen LogP contribution in [-0.2, 0) is 6.54 Å². The van der Waals surface area contributed by atoms with Crippen LogP contribution in [0.15, 0.2) is 35.1 Å². The minimum Gasteiger partial charge on any atom is -0.477 e. The lowest BCUT2D eigenvalue weighted by atomic mass is 10.1. The van der Waals surface area contributed by atoms with Crippen LogP contribution >= 0.6 is 0 Å². The third-order valence-corrected chi connectivity index (χ3v) is 2.55. The van der Waals surface area contributed by atoms with Crippen LogP contribution in [-0.4, -0.2) is 15.6 Å². The predicted molar refractivity (Wildman–Crippen MR) is 60.8 cm³/mol. The Morgan fingerprint density at radius 3 is 2.69 bits per heavy atom. The topological polar surface area (TPSA) is 59.3 Å². The number of pyridine rings is 1. The molecule has 0 amide bonds. The predicted octanol–water partition coefficient (Wildman–Crippen LogP) is 1.72. The molecule has 0 radical (unpaired) electrons. The number of para-hydroxylation sites is 1. The fourth-order valence-electron chi connectivity index (χ4n) is 1.84. The zero-order valence-electron chi connectivity index (χ0n) is 8.80. The first-order valence-corrected chi connectivity index (χ1v) is 5.01. The zero-order valence-corrected chi connectivity index (χ0v) is 8.80. The number of hydrogen-bond donors (Lipinski definition) is 1. The number of carboxylic acids is 1. The van der Waals surface area contributed by atoms with Crippen molar-refractivity contribution in [2.24, 2.45) is 0 Å². The normalized spacial score (nSPS) is 10.6. The summed E-state index contributed by atoms with van der Waals surface area (Å²) in [4.78, 5) is 22.7. The average Bonchev–Trinajstić information content (AvgIpc) is 2.29. The Bertz CT molecular complexity index is 613. The highest BCUT2D eigenvalue weighted by atomic mass is 16.4. The van der Waals surface area contributed by atoms with E-state index in [2.05, 4.69) is 0 Å². The Kier molecular flexibility index (Phi) is 2.48. The lowest BCUT2D eigenvalue weighted by Gasteiger charge is -2.11. The Morgan fingerprint density at radius 2 is 2.06 bits per heavy atom. The molecular weight excluding hydrogens is 206 g/mol. The van der Waals surface area contributed by atoms with Crippen LogP contribution in [0.2, 0.25) is 0 Å². The van der Waals surface area contributed by atoms with Gasteiger partial charge in [0.05, 0.1) is 5.52 Å². The maximum atomic E-state index is 11.7. The van der Waals surface area contributed by atoms with E-state index in [0.717, 1.165) is 0 Å². The van der Waals surface area contributed by atoms with E-state index in [0.29, 0.717) is 17.4 Å². The Balaban J connectivity index is 2.96. The maximum Gasteiger partial charge on any atom is 0.352 e. The molecule has 4 nitrogen and oxygen atoms in total. The Morgan fingerprint density at radius 1 is 1.38 bits per heavy atom. The molecule has 0 aliphatic heterocycles. The summed E-state index contributed by atoms with van der Waals surface area (Å²) < 4.78 is 1.62. The van der Waals surface area contributed by atoms with Crippen molar-refractivity contribution in [2.45, 2.75) is 13.5 Å². The number of aromatic carboxylic acids is 1. The van der Waals surface area contributed by atoms with Gasteiger partial charge in [-0.2, -0.15) is 0 Å². The van der Waals surface area contributed by atoms with Crippen molar-refractivity contribution in [2.75, 3.05) is 0 Å². The van der Waals surface area contributed by atoms with Gasteiger partial charge in [-0.25, -0.2) is 4.79 Å². The molecule has 2 rings (SSSR count). The van der Waals surface area contributed by atoms with E-state index >= 15 is 0 Å². The molecule has 0 spiro atoms. The van der Waals surface area contributed by atoms with E-state index in [9.17, 15) is 9.59 Å². The van der Waals surface area contributed by atoms with Crippen LogP contribution < -0.4 is 5.43 Å². The summed E-state index contributed by atoms with van der Waals surface area (Å²) in [6.45, 7) is 2.37. The summed E-state index contributed by atoms with van der Waals surface area (Å²) in [5.74, 6) is -1.08. The lowest BCUT2D eigenvalue weighted by Crippen LogP contribution is -2.17. The van der Waals surface area contributed by atoms with Gasteiger partial charge in [0, 0.05) is 18.0 Å². The van der Waals surface area contributed by atoms with Gasteiger partial charge in [-0.15, -0.1) is 0 Å². The monoisotopic (exact) mass is 217 g/mol. The number of carbonyl (C=O) groups is 1. The molecule has 0 bridgehead atoms. The molecule has 0 aliphatic carbocycles. The molecule has 82 valence electrons. The minimum absolute atomic E-state index is 0.0335. The summed E-state index contributed by atoms with van der Waals surface area (Å²) in [6.07, 6.45) is 0. The number of aromatic nitrogens is 1. The average molecular weight is 217 g/mol. The van der Waals surface area contributed by atoms with Crippen LogP contribution in [0.3, 0.4) is 0 Å². The summed E-state index contributed by atoms with van der Waals surface area (Å²) in [7, 11) is 0. The molecule has 2 aromatic rings. The molecule has 0 saturated heterocycles. The first kappa shape index (κ1) is 10.4. The number of carboxylic acid groups (broad SMARTS) is 1. The highest BCUT2D eigenvalue weighted by Gasteiger charge is 2.12. The number of nitrogens with zero attached hydrogens (tertiary/aromatic N) is 1. The first-order chi connectivity index (χ1) is 7.65. The summed E-state index contributed by atoms with van der Waals surface area (Å²) in [5, 5.41) is 9.57. The molecule has 4 heteroatoms. The van der Waals surface area contributed by atoms with E-state index < -0.39 is 5.97 Å². The molecule has 0 atom stereocenters. The van der Waals surface area contributed by atoms with Crippen LogP contribution in [0.25, 0.3) is 10.9 Å². The third-order valence-electron chi connectivity index (χ3n) is 2.55. The van der Waals surface area contributed by atoms with E-state index in [-0.39, 0.29) is 11.1 Å². The molecular formula is C12H11NO3. The summed E-state index contributed by atoms with van der Waals surface area (Å²) >= 11 is 0. The SMILES string of the molecule is CCn1c(C(=O)O)cc(=O)c2ccccc21. The van der Waals surface area contributed by atoms with Gasteiger partial charge in [-0.1, -0.05) is 12.1 Å². The number of benzene rings is 1. The van der Waals surface area contributed by atoms with Gasteiger partial charge < -0.3 is 9.67 Å². The van der Waals surface area contributed by atoms with Crippen LogP contribution in [0.5, 0.6) is 0 Å². The van der Waals surface area contributed by atoms with Gasteiger partial charge in [0.15, 0.2) is 5.43 Å². The van der Waals surface area contributed by atoms with Gasteiger partial charge in [-0.3, -0.25) is 4.79 Å². The number of fused-ring (bicyclic) bond motifs is 1. The highest BCUT2D eigenvalue weighted by molar-refractivity contribution is 5.90. The van der Waals surface area contributed by atoms with Crippen molar-refractivity contribution in [3.05, 3.63) is 46.2 Å². The quantitative estimate of drug-likeness (QED) is 0.833. The van der Waals surface area contributed by atoms with Crippen molar-refractivity contribution in [3.8, 4) is 0 Å². The minimum atomic E-state index is -1.08. The second-order valence-corrected chi connectivity index (χ2v) is 3.46. The fraction of sp³-hybridized carbons (Fsp3) is 0.167. The van der Waals surface area contributed by atoms with Gasteiger partial charge >= 0.3 is 5.97 Å². The second kappa shape index (κ2) is 3.81. The van der Waals surface area contributed by atoms with Gasteiger partial charge in [-0.05, 0) is 19.1 Å². The smallest absolute Gasteiger partial charge is 0.352 e. The third kappa shape index (κ3) is 1.48. The second-order valence-electron chi connectivity index (χ2n) is 3.46. The molecule has 1 aromatic heterocycles. The molecule has 0 unspecified atom stereocenters. The number of rotatable bonds is 2. The van der Waals surface area contributed by atoms with Crippen LogP contribution in [0, 0.1) is 0 Å². The Labute approximate surface area is 91.8 Å². The molecule has 0 saturated carbocycles. The number of aryl methyl sites for hydroxylation is 1. The summed E-state index contributed by atoms with van der Waals surface area (Å²) in [6, 6.07) is 8.19. The molecule has 1 heterocycles. The van der Waals surface area contributed by atoms with Crippen molar-refractivity contribution in [3.63, 3.8) is 0 Å².